The van der Waals surface area contributed by atoms with Crippen molar-refractivity contribution in [3.63, 3.8) is 0 Å². The molecule has 0 fully saturated rings. The van der Waals surface area contributed by atoms with E-state index in [-0.39, 0.29) is 62.5 Å². The second-order valence-electron chi connectivity index (χ2n) is 0.961. The van der Waals surface area contributed by atoms with Gasteiger partial charge in [0, 0.05) is 0 Å². The molecule has 0 heterocycles. The molecule has 0 atom stereocenters. The smallest absolute Gasteiger partial charge is 1.00 e. The Morgan fingerprint density at radius 2 is 0.867 bits per heavy atom. The first-order valence-corrected chi connectivity index (χ1v) is 4.44. The minimum absolute atomic E-state index is 0. The maximum atomic E-state index is 8.88. The van der Waals surface area contributed by atoms with E-state index < -0.39 is 18.2 Å². The Labute approximate surface area is 117 Å². The Bertz CT molecular complexity index is 202. The van der Waals surface area contributed by atoms with Crippen molar-refractivity contribution in [2.45, 2.75) is 0 Å². The second-order valence-corrected chi connectivity index (χ2v) is 2.88. The average molecular weight is 310 g/mol. The van der Waals surface area contributed by atoms with Gasteiger partial charge in [0.2, 0.25) is 0 Å². The molecule has 15 heavy (non-hydrogen) atoms. The van der Waals surface area contributed by atoms with Crippen LogP contribution in [0.2, 0.25) is 0 Å². The number of hydrogen-bond donors (Lipinski definition) is 5. The van der Waals surface area contributed by atoms with Gasteiger partial charge in [-0.15, -0.1) is 0 Å². The van der Waals surface area contributed by atoms with Gasteiger partial charge in [-0.3, -0.25) is 9.11 Å². The Kier molecular flexibility index (Phi) is 51.7. The van der Waals surface area contributed by atoms with E-state index in [0.29, 0.717) is 0 Å². The van der Waals surface area contributed by atoms with Crippen LogP contribution >= 0.6 is 7.82 Å². The molecule has 0 saturated heterocycles. The fourth-order valence-electron chi connectivity index (χ4n) is 0. The van der Waals surface area contributed by atoms with E-state index >= 15 is 0 Å². The molecule has 0 unspecified atom stereocenters. The summed E-state index contributed by atoms with van der Waals surface area (Å²) in [5, 5.41) is 0. The Morgan fingerprint density at radius 3 is 0.867 bits per heavy atom. The van der Waals surface area contributed by atoms with Crippen LogP contribution < -0.4 is 0 Å². The largest absolute Gasteiger partial charge is 2.00 e. The van der Waals surface area contributed by atoms with Crippen LogP contribution in [0.15, 0.2) is 0 Å². The van der Waals surface area contributed by atoms with Crippen LogP contribution in [0, 0.1) is 0 Å². The molecule has 13 N–H and O–H groups in total. The minimum Gasteiger partial charge on any atom is -1.00 e. The van der Waals surface area contributed by atoms with E-state index in [1.165, 1.54) is 0 Å². The quantitative estimate of drug-likeness (QED) is 0.163. The third-order valence-electron chi connectivity index (χ3n) is 0. The molecule has 100 valence electrons. The molecule has 0 spiro atoms. The van der Waals surface area contributed by atoms with Crippen molar-refractivity contribution in [2.75, 3.05) is 0 Å². The fourth-order valence-corrected chi connectivity index (χ4v) is 0. The van der Waals surface area contributed by atoms with Crippen LogP contribution in [-0.2, 0) is 15.0 Å². The second kappa shape index (κ2) is 17.5. The van der Waals surface area contributed by atoms with Gasteiger partial charge in [0.15, 0.2) is 0 Å². The summed E-state index contributed by atoms with van der Waals surface area (Å²) in [5.41, 5.74) is 0. The van der Waals surface area contributed by atoms with Crippen LogP contribution in [-0.4, -0.2) is 91.8 Å². The van der Waals surface area contributed by atoms with Crippen LogP contribution in [0.3, 0.4) is 0 Å². The molecule has 0 aliphatic heterocycles. The molecule has 15 heteroatoms. The van der Waals surface area contributed by atoms with Crippen LogP contribution in [0.5, 0.6) is 0 Å². The molecule has 0 saturated carbocycles. The molecule has 0 aromatic rings. The Balaban J connectivity index is -0.00000000762. The summed E-state index contributed by atoms with van der Waals surface area (Å²) in [4.78, 5) is 21.6. The van der Waals surface area contributed by atoms with Crippen LogP contribution in [0.4, 0.5) is 0 Å². The zero-order chi connectivity index (χ0) is 9.00. The molecule has 0 aromatic heterocycles. The molecular formula is H15CaO12PS. The van der Waals surface area contributed by atoms with E-state index in [0.717, 1.165) is 0 Å². The van der Waals surface area contributed by atoms with Gasteiger partial charge in [-0.05, 0) is 0 Å². The Hall–Kier alpha value is 1.08. The predicted molar refractivity (Wildman–Crippen MR) is 50.9 cm³/mol. The van der Waals surface area contributed by atoms with Gasteiger partial charge in [0.05, 0.1) is 0 Å². The van der Waals surface area contributed by atoms with Crippen molar-refractivity contribution >= 4 is 56.0 Å². The third-order valence-corrected chi connectivity index (χ3v) is 0. The van der Waals surface area contributed by atoms with Crippen molar-refractivity contribution in [3.05, 3.63) is 0 Å². The van der Waals surface area contributed by atoms with Gasteiger partial charge in [-0.1, -0.05) is 0 Å². The first-order valence-electron chi connectivity index (χ1n) is 1.48. The molecule has 0 rings (SSSR count). The summed E-state index contributed by atoms with van der Waals surface area (Å²) in [7, 11) is -9.31. The van der Waals surface area contributed by atoms with Gasteiger partial charge < -0.3 is 39.4 Å². The van der Waals surface area contributed by atoms with Crippen molar-refractivity contribution in [1.29, 1.82) is 0 Å². The van der Waals surface area contributed by atoms with Crippen molar-refractivity contribution in [1.82, 2.24) is 0 Å². The zero-order valence-corrected chi connectivity index (χ0v) is 10.9. The first kappa shape index (κ1) is 44.4. The van der Waals surface area contributed by atoms with Crippen molar-refractivity contribution in [3.8, 4) is 0 Å². The van der Waals surface area contributed by atoms with Crippen molar-refractivity contribution in [2.24, 2.45) is 0 Å². The summed E-state index contributed by atoms with van der Waals surface area (Å²) in [6.45, 7) is 0. The summed E-state index contributed by atoms with van der Waals surface area (Å²) in [6, 6.07) is 0. The molecule has 0 bridgehead atoms. The van der Waals surface area contributed by atoms with Gasteiger partial charge in [-0.2, -0.15) is 8.42 Å². The first-order chi connectivity index (χ1) is 4.00. The number of hydrogen-bond acceptors (Lipinski definition) is 3. The van der Waals surface area contributed by atoms with Gasteiger partial charge >= 0.3 is 56.0 Å². The van der Waals surface area contributed by atoms with E-state index in [1.807, 2.05) is 0 Å². The molecule has 0 aromatic carbocycles. The van der Waals surface area contributed by atoms with E-state index in [2.05, 4.69) is 0 Å². The maximum absolute atomic E-state index is 8.88. The topological polar surface area (TPSA) is 278 Å². The van der Waals surface area contributed by atoms with Gasteiger partial charge in [0.25, 0.3) is 0 Å². The van der Waals surface area contributed by atoms with Gasteiger partial charge in [-0.25, -0.2) is 4.57 Å². The molecule has 0 radical (unpaired) electrons. The predicted octanol–water partition coefficient (Wildman–Crippen LogP) is -5.04. The third kappa shape index (κ3) is 2210. The van der Waals surface area contributed by atoms with E-state index in [9.17, 15) is 0 Å². The summed E-state index contributed by atoms with van der Waals surface area (Å²) in [5.74, 6) is 0. The number of phosphoric acid groups is 1. The molecule has 12 nitrogen and oxygen atoms in total. The molecular weight excluding hydrogens is 295 g/mol. The molecule has 0 amide bonds. The monoisotopic (exact) mass is 310 g/mol. The van der Waals surface area contributed by atoms with Gasteiger partial charge in [0.1, 0.15) is 0 Å². The SMILES string of the molecule is O.O.O.O.O=P(O)(O)O.O=S(=O)(O)O.[Ca+2].[H-].[H-]. The number of rotatable bonds is 0. The summed E-state index contributed by atoms with van der Waals surface area (Å²) in [6.07, 6.45) is 0. The van der Waals surface area contributed by atoms with Crippen LogP contribution in [0.25, 0.3) is 0 Å². The average Bonchev–Trinajstić information content (AvgIpc) is 1.12. The zero-order valence-electron chi connectivity index (χ0n) is 9.02. The minimum atomic E-state index is -4.67. The molecule has 0 aliphatic rings. The molecule has 0 aliphatic carbocycles. The van der Waals surface area contributed by atoms with E-state index in [4.69, 9.17) is 36.8 Å². The fraction of sp³-hybridized carbons (Fsp3) is 0. The maximum Gasteiger partial charge on any atom is 2.00 e. The standard InChI is InChI=1S/Ca.H3O4P.H2O4S.4H2O.2H/c;2*1-5(2,3)4;;;;;;/h;(H3,1,2,3,4);(H2,1,2,3,4);4*1H2;;/q+2;;;;;;;2*-1. The summed E-state index contributed by atoms with van der Waals surface area (Å²) >= 11 is 0. The van der Waals surface area contributed by atoms with E-state index in [1.54, 1.807) is 0 Å². The summed E-state index contributed by atoms with van der Waals surface area (Å²) < 4.78 is 40.5. The normalized spacial score (nSPS) is 7.80. The van der Waals surface area contributed by atoms with Crippen LogP contribution in [0.1, 0.15) is 2.85 Å². The Morgan fingerprint density at radius 1 is 0.867 bits per heavy atom. The van der Waals surface area contributed by atoms with Crippen molar-refractivity contribution < 1.29 is 61.5 Å².